The zero-order chi connectivity index (χ0) is 24.4. The van der Waals surface area contributed by atoms with Crippen LogP contribution in [0.2, 0.25) is 0 Å². The number of hydrogen-bond acceptors (Lipinski definition) is 8. The SMILES string of the molecule is c1cc(N2CCN(c3ccncc3)CCN(c3ccncc3)CCN(c3ccncc3)CC2)ccn1. The number of nitrogens with zero attached hydrogens (tertiary/aromatic N) is 8. The summed E-state index contributed by atoms with van der Waals surface area (Å²) in [7, 11) is 0. The summed E-state index contributed by atoms with van der Waals surface area (Å²) in [6, 6.07) is 16.8. The largest absolute Gasteiger partial charge is 0.368 e. The first-order valence-electron chi connectivity index (χ1n) is 12.5. The first kappa shape index (κ1) is 23.5. The summed E-state index contributed by atoms with van der Waals surface area (Å²) in [4.78, 5) is 26.8. The van der Waals surface area contributed by atoms with E-state index in [4.69, 9.17) is 0 Å². The highest BCUT2D eigenvalue weighted by Crippen LogP contribution is 2.20. The number of hydrogen-bond donors (Lipinski definition) is 0. The molecule has 0 atom stereocenters. The maximum atomic E-state index is 4.23. The van der Waals surface area contributed by atoms with Crippen molar-refractivity contribution in [3.8, 4) is 0 Å². The highest BCUT2D eigenvalue weighted by Gasteiger charge is 2.18. The van der Waals surface area contributed by atoms with Gasteiger partial charge in [-0.2, -0.15) is 0 Å². The molecular weight excluding hydrogens is 448 g/mol. The first-order chi connectivity index (χ1) is 17.9. The topological polar surface area (TPSA) is 64.5 Å². The fourth-order valence-corrected chi connectivity index (χ4v) is 4.67. The highest BCUT2D eigenvalue weighted by molar-refractivity contribution is 5.51. The molecule has 8 nitrogen and oxygen atoms in total. The molecule has 5 heterocycles. The third kappa shape index (κ3) is 6.07. The van der Waals surface area contributed by atoms with Crippen LogP contribution in [0, 0.1) is 0 Å². The lowest BCUT2D eigenvalue weighted by Gasteiger charge is -2.37. The third-order valence-electron chi connectivity index (χ3n) is 6.67. The lowest BCUT2D eigenvalue weighted by Crippen LogP contribution is -2.46. The second-order valence-corrected chi connectivity index (χ2v) is 8.77. The summed E-state index contributed by atoms with van der Waals surface area (Å²) in [6.07, 6.45) is 15.0. The van der Waals surface area contributed by atoms with Gasteiger partial charge in [-0.1, -0.05) is 0 Å². The van der Waals surface area contributed by atoms with E-state index in [0.29, 0.717) is 0 Å². The molecule has 1 fully saturated rings. The van der Waals surface area contributed by atoms with Crippen LogP contribution in [0.5, 0.6) is 0 Å². The van der Waals surface area contributed by atoms with Crippen molar-refractivity contribution in [2.24, 2.45) is 0 Å². The van der Waals surface area contributed by atoms with Gasteiger partial charge in [0.05, 0.1) is 0 Å². The predicted octanol–water partition coefficient (Wildman–Crippen LogP) is 3.61. The quantitative estimate of drug-likeness (QED) is 0.439. The van der Waals surface area contributed by atoms with E-state index in [9.17, 15) is 0 Å². The third-order valence-corrected chi connectivity index (χ3v) is 6.67. The lowest BCUT2D eigenvalue weighted by molar-refractivity contribution is 0.653. The molecule has 0 bridgehead atoms. The Morgan fingerprint density at radius 1 is 0.306 bits per heavy atom. The smallest absolute Gasteiger partial charge is 0.0398 e. The Morgan fingerprint density at radius 3 is 0.639 bits per heavy atom. The van der Waals surface area contributed by atoms with E-state index < -0.39 is 0 Å². The van der Waals surface area contributed by atoms with Crippen molar-refractivity contribution in [3.05, 3.63) is 98.1 Å². The standard InChI is InChI=1S/C28H32N8/c1-9-29-10-2-25(1)33-17-19-34(26-3-11-30-12-4-26)21-23-36(28-7-15-32-16-8-28)24-22-35(20-18-33)27-5-13-31-14-6-27/h1-16H,17-24H2. The van der Waals surface area contributed by atoms with Gasteiger partial charge < -0.3 is 19.6 Å². The zero-order valence-corrected chi connectivity index (χ0v) is 20.5. The van der Waals surface area contributed by atoms with Gasteiger partial charge in [-0.25, -0.2) is 0 Å². The Morgan fingerprint density at radius 2 is 0.472 bits per heavy atom. The van der Waals surface area contributed by atoms with E-state index in [1.54, 1.807) is 0 Å². The van der Waals surface area contributed by atoms with Gasteiger partial charge in [-0.05, 0) is 48.5 Å². The van der Waals surface area contributed by atoms with Crippen molar-refractivity contribution in [1.82, 2.24) is 19.9 Å². The Hall–Kier alpha value is -4.20. The summed E-state index contributed by atoms with van der Waals surface area (Å²) in [6.45, 7) is 7.27. The Kier molecular flexibility index (Phi) is 7.83. The molecule has 8 heteroatoms. The Balaban J connectivity index is 1.44. The number of aromatic nitrogens is 4. The van der Waals surface area contributed by atoms with Crippen LogP contribution < -0.4 is 19.6 Å². The summed E-state index contributed by atoms with van der Waals surface area (Å²) in [5, 5.41) is 0. The Labute approximate surface area is 212 Å². The maximum absolute atomic E-state index is 4.23. The summed E-state index contributed by atoms with van der Waals surface area (Å²) < 4.78 is 0. The van der Waals surface area contributed by atoms with E-state index in [2.05, 4.69) is 88.1 Å². The molecule has 0 radical (unpaired) electrons. The Bertz CT molecular complexity index is 955. The van der Waals surface area contributed by atoms with Gasteiger partial charge >= 0.3 is 0 Å². The molecule has 1 saturated heterocycles. The second-order valence-electron chi connectivity index (χ2n) is 8.77. The van der Waals surface area contributed by atoms with E-state index in [1.165, 1.54) is 22.7 Å². The van der Waals surface area contributed by atoms with Crippen molar-refractivity contribution in [2.75, 3.05) is 72.0 Å². The molecule has 1 aliphatic heterocycles. The molecule has 0 N–H and O–H groups in total. The van der Waals surface area contributed by atoms with Gasteiger partial charge in [0, 0.05) is 125 Å². The first-order valence-corrected chi connectivity index (χ1v) is 12.5. The molecule has 0 aliphatic carbocycles. The fourth-order valence-electron chi connectivity index (χ4n) is 4.67. The van der Waals surface area contributed by atoms with E-state index in [0.717, 1.165) is 52.4 Å². The molecule has 1 aliphatic rings. The van der Waals surface area contributed by atoms with Gasteiger partial charge in [0.15, 0.2) is 0 Å². The number of rotatable bonds is 4. The molecule has 4 aromatic heterocycles. The zero-order valence-electron chi connectivity index (χ0n) is 20.5. The molecule has 0 spiro atoms. The molecule has 0 aromatic carbocycles. The number of anilines is 4. The summed E-state index contributed by atoms with van der Waals surface area (Å²) in [5.74, 6) is 0. The number of pyridine rings is 4. The van der Waals surface area contributed by atoms with Crippen LogP contribution >= 0.6 is 0 Å². The molecule has 36 heavy (non-hydrogen) atoms. The van der Waals surface area contributed by atoms with Crippen molar-refractivity contribution >= 4 is 22.7 Å². The molecule has 0 unspecified atom stereocenters. The van der Waals surface area contributed by atoms with Crippen LogP contribution in [0.15, 0.2) is 98.1 Å². The van der Waals surface area contributed by atoms with E-state index in [-0.39, 0.29) is 0 Å². The van der Waals surface area contributed by atoms with Crippen molar-refractivity contribution in [3.63, 3.8) is 0 Å². The van der Waals surface area contributed by atoms with E-state index >= 15 is 0 Å². The minimum Gasteiger partial charge on any atom is -0.368 e. The van der Waals surface area contributed by atoms with Crippen molar-refractivity contribution in [1.29, 1.82) is 0 Å². The average Bonchev–Trinajstić information content (AvgIpc) is 2.95. The molecule has 5 rings (SSSR count). The van der Waals surface area contributed by atoms with Crippen LogP contribution in [0.3, 0.4) is 0 Å². The van der Waals surface area contributed by atoms with Crippen LogP contribution in [0.1, 0.15) is 0 Å². The van der Waals surface area contributed by atoms with E-state index in [1.807, 2.05) is 49.6 Å². The van der Waals surface area contributed by atoms with Gasteiger partial charge in [0.1, 0.15) is 0 Å². The second kappa shape index (κ2) is 12.0. The normalized spacial score (nSPS) is 15.8. The molecule has 0 saturated carbocycles. The van der Waals surface area contributed by atoms with Crippen LogP contribution in [0.25, 0.3) is 0 Å². The molecular formula is C28H32N8. The maximum Gasteiger partial charge on any atom is 0.0398 e. The molecule has 4 aromatic rings. The predicted molar refractivity (Wildman–Crippen MR) is 146 cm³/mol. The minimum absolute atomic E-state index is 0.909. The highest BCUT2D eigenvalue weighted by atomic mass is 15.3. The van der Waals surface area contributed by atoms with Gasteiger partial charge in [-0.15, -0.1) is 0 Å². The van der Waals surface area contributed by atoms with Crippen molar-refractivity contribution < 1.29 is 0 Å². The fraction of sp³-hybridized carbons (Fsp3) is 0.286. The van der Waals surface area contributed by atoms with Crippen LogP contribution in [-0.2, 0) is 0 Å². The van der Waals surface area contributed by atoms with Crippen molar-refractivity contribution in [2.45, 2.75) is 0 Å². The van der Waals surface area contributed by atoms with Crippen LogP contribution in [-0.4, -0.2) is 72.3 Å². The molecule has 0 amide bonds. The van der Waals surface area contributed by atoms with Gasteiger partial charge in [-0.3, -0.25) is 19.9 Å². The van der Waals surface area contributed by atoms with Crippen LogP contribution in [0.4, 0.5) is 22.7 Å². The van der Waals surface area contributed by atoms with Gasteiger partial charge in [0.25, 0.3) is 0 Å². The minimum atomic E-state index is 0.909. The summed E-state index contributed by atoms with van der Waals surface area (Å²) >= 11 is 0. The van der Waals surface area contributed by atoms with Gasteiger partial charge in [0.2, 0.25) is 0 Å². The summed E-state index contributed by atoms with van der Waals surface area (Å²) in [5.41, 5.74) is 4.80. The average molecular weight is 481 g/mol. The molecule has 184 valence electrons. The monoisotopic (exact) mass is 480 g/mol. The lowest BCUT2D eigenvalue weighted by atomic mass is 10.2.